The fourth-order valence-electron chi connectivity index (χ4n) is 0.901. The minimum atomic E-state index is -4.56. The van der Waals surface area contributed by atoms with Gasteiger partial charge in [-0.15, -0.1) is 0 Å². The number of hydrogen-bond donors (Lipinski definition) is 0. The number of pyridine rings is 1. The zero-order valence-corrected chi connectivity index (χ0v) is 8.52. The van der Waals surface area contributed by atoms with E-state index in [0.717, 1.165) is 12.3 Å². The summed E-state index contributed by atoms with van der Waals surface area (Å²) in [4.78, 5) is 3.38. The Balaban J connectivity index is 3.11. The maximum Gasteiger partial charge on any atom is 0.419 e. The maximum absolute atomic E-state index is 12.4. The van der Waals surface area contributed by atoms with Gasteiger partial charge in [-0.3, -0.25) is 0 Å². The van der Waals surface area contributed by atoms with Gasteiger partial charge in [-0.05, 0) is 6.07 Å². The molecule has 0 aromatic carbocycles. The van der Waals surface area contributed by atoms with Crippen LogP contribution in [0.2, 0.25) is 5.15 Å². The van der Waals surface area contributed by atoms with Crippen LogP contribution in [0.4, 0.5) is 13.2 Å². The number of rotatable bonds is 0. The number of nitrogens with zero attached hydrogens (tertiary/aromatic N) is 2. The van der Waals surface area contributed by atoms with Gasteiger partial charge in [0, 0.05) is 11.8 Å². The molecule has 0 saturated heterocycles. The summed E-state index contributed by atoms with van der Waals surface area (Å²) in [6.07, 6.45) is -3.48. The fraction of sp³-hybridized carbons (Fsp3) is 0.200. The zero-order valence-electron chi connectivity index (χ0n) is 7.77. The monoisotopic (exact) mass is 244 g/mol. The predicted octanol–water partition coefficient (Wildman–Crippen LogP) is 3.02. The molecular formula is C10H4ClF3N2. The molecule has 0 aliphatic rings. The van der Waals surface area contributed by atoms with Gasteiger partial charge in [0.2, 0.25) is 0 Å². The third kappa shape index (κ3) is 3.15. The topological polar surface area (TPSA) is 36.7 Å². The van der Waals surface area contributed by atoms with Crippen molar-refractivity contribution >= 4 is 11.6 Å². The Kier molecular flexibility index (Phi) is 3.76. The molecule has 0 amide bonds. The van der Waals surface area contributed by atoms with Crippen molar-refractivity contribution in [3.63, 3.8) is 0 Å². The fourth-order valence-corrected chi connectivity index (χ4v) is 1.11. The Morgan fingerprint density at radius 1 is 1.44 bits per heavy atom. The highest BCUT2D eigenvalue weighted by Gasteiger charge is 2.34. The molecule has 82 valence electrons. The van der Waals surface area contributed by atoms with Gasteiger partial charge in [-0.25, -0.2) is 4.98 Å². The largest absolute Gasteiger partial charge is 0.419 e. The Bertz CT molecular complexity index is 492. The van der Waals surface area contributed by atoms with Gasteiger partial charge in [0.25, 0.3) is 0 Å². The Morgan fingerprint density at radius 3 is 2.69 bits per heavy atom. The van der Waals surface area contributed by atoms with E-state index in [0.29, 0.717) is 0 Å². The molecule has 0 bridgehead atoms. The SMILES string of the molecule is N#CCC#Cc1cnc(Cl)c(C(F)(F)F)c1. The molecule has 1 rings (SSSR count). The first-order chi connectivity index (χ1) is 7.45. The molecule has 0 unspecified atom stereocenters. The molecule has 0 atom stereocenters. The lowest BCUT2D eigenvalue weighted by atomic mass is 10.2. The molecule has 0 fully saturated rings. The molecule has 1 aromatic rings. The minimum Gasteiger partial charge on any atom is -0.243 e. The highest BCUT2D eigenvalue weighted by atomic mass is 35.5. The average molecular weight is 245 g/mol. The summed E-state index contributed by atoms with van der Waals surface area (Å²) < 4.78 is 37.2. The van der Waals surface area contributed by atoms with Crippen LogP contribution < -0.4 is 0 Å². The molecular weight excluding hydrogens is 241 g/mol. The summed E-state index contributed by atoms with van der Waals surface area (Å²) in [5.41, 5.74) is -0.954. The van der Waals surface area contributed by atoms with Crippen molar-refractivity contribution in [2.45, 2.75) is 12.6 Å². The summed E-state index contributed by atoms with van der Waals surface area (Å²) >= 11 is 5.31. The number of alkyl halides is 3. The summed E-state index contributed by atoms with van der Waals surface area (Å²) in [5.74, 6) is 4.78. The summed E-state index contributed by atoms with van der Waals surface area (Å²) in [6.45, 7) is 0. The predicted molar refractivity (Wildman–Crippen MR) is 51.4 cm³/mol. The van der Waals surface area contributed by atoms with Crippen molar-refractivity contribution in [1.82, 2.24) is 4.98 Å². The smallest absolute Gasteiger partial charge is 0.243 e. The molecule has 16 heavy (non-hydrogen) atoms. The van der Waals surface area contributed by atoms with E-state index in [-0.39, 0.29) is 12.0 Å². The molecule has 0 aliphatic heterocycles. The molecule has 0 N–H and O–H groups in total. The summed E-state index contributed by atoms with van der Waals surface area (Å²) in [7, 11) is 0. The van der Waals surface area contributed by atoms with Crippen molar-refractivity contribution in [2.24, 2.45) is 0 Å². The standard InChI is InChI=1S/C10H4ClF3N2/c11-9-8(10(12,13)14)5-7(6-16-9)3-1-2-4-15/h5-6H,2H2. The van der Waals surface area contributed by atoms with Gasteiger partial charge < -0.3 is 0 Å². The van der Waals surface area contributed by atoms with Crippen LogP contribution in [0, 0.1) is 23.2 Å². The van der Waals surface area contributed by atoms with Crippen LogP contribution in [0.15, 0.2) is 12.3 Å². The van der Waals surface area contributed by atoms with E-state index in [1.165, 1.54) is 0 Å². The van der Waals surface area contributed by atoms with Crippen LogP contribution >= 0.6 is 11.6 Å². The van der Waals surface area contributed by atoms with Crippen LogP contribution in [0.5, 0.6) is 0 Å². The van der Waals surface area contributed by atoms with Crippen LogP contribution in [-0.4, -0.2) is 4.98 Å². The van der Waals surface area contributed by atoms with E-state index in [1.54, 1.807) is 6.07 Å². The third-order valence-corrected chi connectivity index (χ3v) is 1.85. The molecule has 0 saturated carbocycles. The summed E-state index contributed by atoms with van der Waals surface area (Å²) in [6, 6.07) is 2.56. The first kappa shape index (κ1) is 12.4. The van der Waals surface area contributed by atoms with Crippen LogP contribution in [0.1, 0.15) is 17.5 Å². The number of halogens is 4. The first-order valence-electron chi connectivity index (χ1n) is 4.03. The first-order valence-corrected chi connectivity index (χ1v) is 4.41. The summed E-state index contributed by atoms with van der Waals surface area (Å²) in [5, 5.41) is 7.59. The molecule has 1 aromatic heterocycles. The molecule has 0 radical (unpaired) electrons. The normalized spacial score (nSPS) is 10.2. The molecule has 1 heterocycles. The number of hydrogen-bond acceptors (Lipinski definition) is 2. The van der Waals surface area contributed by atoms with Crippen molar-refractivity contribution in [1.29, 1.82) is 5.26 Å². The average Bonchev–Trinajstić information content (AvgIpc) is 2.19. The Morgan fingerprint density at radius 2 is 2.12 bits per heavy atom. The second kappa shape index (κ2) is 4.87. The Hall–Kier alpha value is -1.72. The van der Waals surface area contributed by atoms with Crippen LogP contribution in [0.3, 0.4) is 0 Å². The Labute approximate surface area is 94.7 Å². The lowest BCUT2D eigenvalue weighted by Crippen LogP contribution is -2.07. The van der Waals surface area contributed by atoms with Gasteiger partial charge in [-0.2, -0.15) is 18.4 Å². The van der Waals surface area contributed by atoms with Gasteiger partial charge in [0.05, 0.1) is 18.1 Å². The second-order valence-electron chi connectivity index (χ2n) is 2.70. The van der Waals surface area contributed by atoms with Crippen molar-refractivity contribution in [3.8, 4) is 17.9 Å². The lowest BCUT2D eigenvalue weighted by molar-refractivity contribution is -0.137. The number of nitriles is 1. The van der Waals surface area contributed by atoms with Gasteiger partial charge in [-0.1, -0.05) is 23.4 Å². The van der Waals surface area contributed by atoms with E-state index in [1.807, 2.05) is 0 Å². The number of aromatic nitrogens is 1. The second-order valence-corrected chi connectivity index (χ2v) is 3.05. The zero-order chi connectivity index (χ0) is 12.2. The molecule has 6 heteroatoms. The van der Waals surface area contributed by atoms with E-state index in [2.05, 4.69) is 16.8 Å². The van der Waals surface area contributed by atoms with Crippen molar-refractivity contribution in [3.05, 3.63) is 28.5 Å². The maximum atomic E-state index is 12.4. The molecule has 0 spiro atoms. The van der Waals surface area contributed by atoms with E-state index in [4.69, 9.17) is 16.9 Å². The third-order valence-electron chi connectivity index (χ3n) is 1.54. The highest BCUT2D eigenvalue weighted by Crippen LogP contribution is 2.33. The van der Waals surface area contributed by atoms with Crippen molar-refractivity contribution < 1.29 is 13.2 Å². The molecule has 2 nitrogen and oxygen atoms in total. The van der Waals surface area contributed by atoms with E-state index >= 15 is 0 Å². The molecule has 0 aliphatic carbocycles. The van der Waals surface area contributed by atoms with Gasteiger partial charge in [0.1, 0.15) is 5.15 Å². The van der Waals surface area contributed by atoms with Crippen LogP contribution in [-0.2, 0) is 6.18 Å². The van der Waals surface area contributed by atoms with Gasteiger partial charge in [0.15, 0.2) is 0 Å². The van der Waals surface area contributed by atoms with Gasteiger partial charge >= 0.3 is 6.18 Å². The van der Waals surface area contributed by atoms with E-state index in [9.17, 15) is 13.2 Å². The van der Waals surface area contributed by atoms with E-state index < -0.39 is 16.9 Å². The van der Waals surface area contributed by atoms with Crippen molar-refractivity contribution in [2.75, 3.05) is 0 Å². The lowest BCUT2D eigenvalue weighted by Gasteiger charge is -2.07. The highest BCUT2D eigenvalue weighted by molar-refractivity contribution is 6.30. The minimum absolute atomic E-state index is 0.0516. The van der Waals surface area contributed by atoms with Crippen LogP contribution in [0.25, 0.3) is 0 Å². The quantitative estimate of drug-likeness (QED) is 0.520.